The molecule has 0 unspecified atom stereocenters. The van der Waals surface area contributed by atoms with Crippen molar-refractivity contribution >= 4 is 48.6 Å². The lowest BCUT2D eigenvalue weighted by Crippen LogP contribution is -2.25. The molecular weight excluding hydrogens is 743 g/mol. The van der Waals surface area contributed by atoms with E-state index in [1.807, 2.05) is 11.3 Å². The fourth-order valence-corrected chi connectivity index (χ4v) is 12.5. The summed E-state index contributed by atoms with van der Waals surface area (Å²) in [6.45, 7) is 4.74. The van der Waals surface area contributed by atoms with Crippen LogP contribution in [0.1, 0.15) is 47.2 Å². The quantitative estimate of drug-likeness (QED) is 0.172. The molecule has 60 heavy (non-hydrogen) atoms. The van der Waals surface area contributed by atoms with Gasteiger partial charge in [-0.05, 0) is 126 Å². The Bertz CT molecular complexity index is 3360. The number of hydrogen-bond acceptors (Lipinski definition) is 2. The van der Waals surface area contributed by atoms with Gasteiger partial charge in [-0.15, -0.1) is 11.3 Å². The van der Waals surface area contributed by atoms with Gasteiger partial charge >= 0.3 is 0 Å². The maximum absolute atomic E-state index is 2.57. The average Bonchev–Trinajstić information content (AvgIpc) is 3.98. The van der Waals surface area contributed by atoms with Crippen LogP contribution in [0.4, 0.5) is 17.1 Å². The molecule has 3 aliphatic rings. The van der Waals surface area contributed by atoms with Crippen molar-refractivity contribution in [2.45, 2.75) is 24.7 Å². The van der Waals surface area contributed by atoms with Crippen LogP contribution in [0, 0.1) is 0 Å². The molecule has 282 valence electrons. The van der Waals surface area contributed by atoms with Crippen molar-refractivity contribution in [3.05, 3.63) is 234 Å². The molecule has 0 atom stereocenters. The van der Waals surface area contributed by atoms with E-state index in [1.165, 1.54) is 104 Å². The van der Waals surface area contributed by atoms with Crippen LogP contribution in [0.25, 0.3) is 64.7 Å². The van der Waals surface area contributed by atoms with Crippen LogP contribution >= 0.6 is 11.3 Å². The summed E-state index contributed by atoms with van der Waals surface area (Å²) >= 11 is 1.92. The molecule has 1 nitrogen and oxygen atoms in total. The van der Waals surface area contributed by atoms with Crippen LogP contribution in [0.3, 0.4) is 0 Å². The van der Waals surface area contributed by atoms with Gasteiger partial charge in [-0.2, -0.15) is 0 Å². The number of rotatable bonds is 4. The van der Waals surface area contributed by atoms with Crippen molar-refractivity contribution in [1.82, 2.24) is 0 Å². The third-order valence-electron chi connectivity index (χ3n) is 13.9. The summed E-state index contributed by atoms with van der Waals surface area (Å²) in [4.78, 5) is 2.45. The molecule has 1 aromatic heterocycles. The van der Waals surface area contributed by atoms with Crippen molar-refractivity contribution < 1.29 is 0 Å². The Kier molecular flexibility index (Phi) is 6.94. The van der Waals surface area contributed by atoms with Gasteiger partial charge in [0.1, 0.15) is 0 Å². The van der Waals surface area contributed by atoms with Gasteiger partial charge in [0.2, 0.25) is 0 Å². The second kappa shape index (κ2) is 12.3. The molecule has 1 spiro atoms. The zero-order chi connectivity index (χ0) is 39.7. The monoisotopic (exact) mass is 781 g/mol. The predicted molar refractivity (Wildman–Crippen MR) is 253 cm³/mol. The van der Waals surface area contributed by atoms with Gasteiger partial charge in [0, 0.05) is 42.6 Å². The summed E-state index contributed by atoms with van der Waals surface area (Å²) in [7, 11) is 0. The molecule has 0 saturated carbocycles. The fourth-order valence-electron chi connectivity index (χ4n) is 11.4. The summed E-state index contributed by atoms with van der Waals surface area (Å²) < 4.78 is 2.61. The highest BCUT2D eigenvalue weighted by atomic mass is 32.1. The number of thiophene rings is 1. The number of anilines is 3. The van der Waals surface area contributed by atoms with E-state index < -0.39 is 5.41 Å². The Morgan fingerprint density at radius 2 is 0.883 bits per heavy atom. The van der Waals surface area contributed by atoms with Crippen molar-refractivity contribution in [2.75, 3.05) is 4.90 Å². The van der Waals surface area contributed by atoms with Crippen molar-refractivity contribution in [3.63, 3.8) is 0 Å². The highest BCUT2D eigenvalue weighted by Crippen LogP contribution is 2.65. The third-order valence-corrected chi connectivity index (χ3v) is 15.0. The molecule has 0 bridgehead atoms. The molecule has 0 saturated heterocycles. The highest BCUT2D eigenvalue weighted by Gasteiger charge is 2.52. The van der Waals surface area contributed by atoms with Crippen LogP contribution in [0.2, 0.25) is 0 Å². The summed E-state index contributed by atoms with van der Waals surface area (Å²) in [5, 5.41) is 2.61. The zero-order valence-electron chi connectivity index (χ0n) is 33.4. The zero-order valence-corrected chi connectivity index (χ0v) is 34.2. The van der Waals surface area contributed by atoms with Crippen molar-refractivity contribution in [3.8, 4) is 44.5 Å². The molecule has 0 fully saturated rings. The second-order valence-electron chi connectivity index (χ2n) is 17.2. The lowest BCUT2D eigenvalue weighted by molar-refractivity contribution is 0.660. The van der Waals surface area contributed by atoms with E-state index in [4.69, 9.17) is 0 Å². The Labute approximate surface area is 354 Å². The van der Waals surface area contributed by atoms with Gasteiger partial charge in [0.05, 0.1) is 5.41 Å². The predicted octanol–water partition coefficient (Wildman–Crippen LogP) is 15.8. The smallest absolute Gasteiger partial charge is 0.0726 e. The van der Waals surface area contributed by atoms with Gasteiger partial charge in [-0.1, -0.05) is 166 Å². The maximum Gasteiger partial charge on any atom is 0.0726 e. The Hall–Kier alpha value is -7.00. The fraction of sp³-hybridized carbons (Fsp3) is 0.0690. The van der Waals surface area contributed by atoms with Gasteiger partial charge in [0.25, 0.3) is 0 Å². The standard InChI is InChI=1S/C58H39NS/c1-57(2)46-25-13-9-21-40(46)43-31-29-39(34-50(43)57)59(37-19-7-4-8-20-37)38-30-32-52-45(33-38)56-53(60-52)35-51-55(54(56)36-17-5-3-6-18-36)44-24-12-16-28-49(44)58(51)47-26-14-10-22-41(47)42-23-11-15-27-48(42)58/h3-35H,1-2H3. The van der Waals surface area contributed by atoms with E-state index in [9.17, 15) is 0 Å². The van der Waals surface area contributed by atoms with Crippen LogP contribution in [-0.2, 0) is 10.8 Å². The first-order chi connectivity index (χ1) is 29.5. The minimum absolute atomic E-state index is 0.100. The van der Waals surface area contributed by atoms with E-state index in [-0.39, 0.29) is 5.41 Å². The second-order valence-corrected chi connectivity index (χ2v) is 18.2. The van der Waals surface area contributed by atoms with Gasteiger partial charge < -0.3 is 4.90 Å². The molecule has 2 heteroatoms. The Balaban J connectivity index is 1.10. The summed E-state index contributed by atoms with van der Waals surface area (Å²) in [5.41, 5.74) is 21.8. The van der Waals surface area contributed by atoms with Crippen molar-refractivity contribution in [2.24, 2.45) is 0 Å². The number of para-hydroxylation sites is 1. The summed E-state index contributed by atoms with van der Waals surface area (Å²) in [6, 6.07) is 75.2. The first-order valence-electron chi connectivity index (χ1n) is 21.0. The van der Waals surface area contributed by atoms with E-state index in [0.717, 1.165) is 11.4 Å². The van der Waals surface area contributed by atoms with Crippen LogP contribution in [-0.4, -0.2) is 0 Å². The number of nitrogens with zero attached hydrogens (tertiary/aromatic N) is 1. The van der Waals surface area contributed by atoms with Gasteiger partial charge in [-0.3, -0.25) is 0 Å². The van der Waals surface area contributed by atoms with Gasteiger partial charge in [-0.25, -0.2) is 0 Å². The number of hydrogen-bond donors (Lipinski definition) is 0. The normalized spacial score (nSPS) is 14.4. The lowest BCUT2D eigenvalue weighted by Gasteiger charge is -2.30. The summed E-state index contributed by atoms with van der Waals surface area (Å²) in [6.07, 6.45) is 0. The summed E-state index contributed by atoms with van der Waals surface area (Å²) in [5.74, 6) is 0. The number of benzene rings is 9. The molecule has 0 aliphatic heterocycles. The van der Waals surface area contributed by atoms with E-state index in [1.54, 1.807) is 0 Å². The first kappa shape index (κ1) is 33.9. The molecule has 0 radical (unpaired) electrons. The minimum Gasteiger partial charge on any atom is -0.310 e. The van der Waals surface area contributed by atoms with E-state index >= 15 is 0 Å². The van der Waals surface area contributed by atoms with Crippen molar-refractivity contribution in [1.29, 1.82) is 0 Å². The Morgan fingerprint density at radius 1 is 0.367 bits per heavy atom. The molecule has 0 N–H and O–H groups in total. The molecule has 13 rings (SSSR count). The number of fused-ring (bicyclic) bond motifs is 16. The van der Waals surface area contributed by atoms with Gasteiger partial charge in [0.15, 0.2) is 0 Å². The highest BCUT2D eigenvalue weighted by molar-refractivity contribution is 7.26. The molecule has 10 aromatic rings. The van der Waals surface area contributed by atoms with E-state index in [0.29, 0.717) is 0 Å². The Morgan fingerprint density at radius 3 is 1.57 bits per heavy atom. The van der Waals surface area contributed by atoms with Crippen LogP contribution < -0.4 is 4.90 Å². The minimum atomic E-state index is -0.413. The lowest BCUT2D eigenvalue weighted by atomic mass is 9.70. The molecule has 0 amide bonds. The largest absolute Gasteiger partial charge is 0.310 e. The molecular formula is C58H39NS. The third kappa shape index (κ3) is 4.36. The van der Waals surface area contributed by atoms with E-state index in [2.05, 4.69) is 219 Å². The average molecular weight is 782 g/mol. The van der Waals surface area contributed by atoms with Crippen LogP contribution in [0.5, 0.6) is 0 Å². The maximum atomic E-state index is 2.57. The molecule has 1 heterocycles. The van der Waals surface area contributed by atoms with Crippen LogP contribution in [0.15, 0.2) is 200 Å². The topological polar surface area (TPSA) is 3.24 Å². The molecule has 3 aliphatic carbocycles. The molecule has 9 aromatic carbocycles. The SMILES string of the molecule is CC1(C)c2ccccc2-c2ccc(N(c3ccccc3)c3ccc4sc5cc6c(c(-c7ccccc7)c5c4c3)-c3ccccc3C63c4ccccc4-c4ccccc43)cc21. The first-order valence-corrected chi connectivity index (χ1v) is 21.8.